The predicted molar refractivity (Wildman–Crippen MR) is 135 cm³/mol. The van der Waals surface area contributed by atoms with Gasteiger partial charge in [-0.2, -0.15) is 0 Å². The number of carbonyl (C=O) groups is 1. The lowest BCUT2D eigenvalue weighted by Crippen LogP contribution is -2.35. The minimum Gasteiger partial charge on any atom is -0.494 e. The number of likely N-dealkylation sites (tertiary alicyclic amines) is 1. The molecule has 0 unspecified atom stereocenters. The van der Waals surface area contributed by atoms with Gasteiger partial charge in [-0.25, -0.2) is 15.0 Å². The first-order valence-corrected chi connectivity index (χ1v) is 11.8. The molecule has 1 fully saturated rings. The second kappa shape index (κ2) is 10.6. The van der Waals surface area contributed by atoms with Gasteiger partial charge in [0.05, 0.1) is 44.5 Å². The van der Waals surface area contributed by atoms with Gasteiger partial charge >= 0.3 is 0 Å². The molecule has 0 amide bonds. The van der Waals surface area contributed by atoms with Crippen LogP contribution in [0.2, 0.25) is 0 Å². The summed E-state index contributed by atoms with van der Waals surface area (Å²) in [5.41, 5.74) is 2.91. The molecule has 1 atom stereocenters. The van der Waals surface area contributed by atoms with E-state index >= 15 is 0 Å². The molecule has 4 heterocycles. The lowest BCUT2D eigenvalue weighted by Gasteiger charge is -2.22. The predicted octanol–water partition coefficient (Wildman–Crippen LogP) is 3.59. The van der Waals surface area contributed by atoms with Gasteiger partial charge in [-0.15, -0.1) is 0 Å². The van der Waals surface area contributed by atoms with Crippen molar-refractivity contribution in [2.24, 2.45) is 0 Å². The van der Waals surface area contributed by atoms with Crippen LogP contribution >= 0.6 is 0 Å². The number of aromatic nitrogens is 4. The Morgan fingerprint density at radius 3 is 2.83 bits per heavy atom. The highest BCUT2D eigenvalue weighted by Crippen LogP contribution is 2.33. The molecular weight excluding hydrogens is 460 g/mol. The molecule has 1 aliphatic heterocycles. The summed E-state index contributed by atoms with van der Waals surface area (Å²) >= 11 is 0. The van der Waals surface area contributed by atoms with Gasteiger partial charge in [-0.1, -0.05) is 6.07 Å². The summed E-state index contributed by atoms with van der Waals surface area (Å²) < 4.78 is 19.1. The van der Waals surface area contributed by atoms with Crippen molar-refractivity contribution in [2.45, 2.75) is 18.9 Å². The average molecular weight is 489 g/mol. The maximum atomic E-state index is 10.9. The SMILES string of the molecule is COc1cc(OC[C@H]2CCCN2CC=O)ccc1Nc1ncc(OC)c(-c2cnc3ccccn23)n1. The van der Waals surface area contributed by atoms with Gasteiger partial charge in [0.15, 0.2) is 5.75 Å². The third-order valence-electron chi connectivity index (χ3n) is 6.30. The van der Waals surface area contributed by atoms with Crippen molar-refractivity contribution in [1.29, 1.82) is 0 Å². The van der Waals surface area contributed by atoms with E-state index in [-0.39, 0.29) is 6.04 Å². The Hall–Kier alpha value is -4.18. The maximum Gasteiger partial charge on any atom is 0.228 e. The molecule has 10 nitrogen and oxygen atoms in total. The van der Waals surface area contributed by atoms with E-state index in [0.29, 0.717) is 47.7 Å². The highest BCUT2D eigenvalue weighted by Gasteiger charge is 2.24. The van der Waals surface area contributed by atoms with Crippen molar-refractivity contribution < 1.29 is 19.0 Å². The molecule has 0 bridgehead atoms. The Morgan fingerprint density at radius 1 is 1.11 bits per heavy atom. The Balaban J connectivity index is 1.35. The molecule has 5 rings (SSSR count). The Labute approximate surface area is 208 Å². The van der Waals surface area contributed by atoms with Crippen LogP contribution in [0.4, 0.5) is 11.6 Å². The number of nitrogens with zero attached hydrogens (tertiary/aromatic N) is 5. The minimum atomic E-state index is 0.241. The first kappa shape index (κ1) is 23.6. The molecule has 1 aliphatic rings. The molecular formula is C26H28N6O4. The number of anilines is 2. The van der Waals surface area contributed by atoms with E-state index in [4.69, 9.17) is 19.2 Å². The molecule has 10 heteroatoms. The number of pyridine rings is 1. The first-order chi connectivity index (χ1) is 17.7. The van der Waals surface area contributed by atoms with Crippen LogP contribution in [0.5, 0.6) is 17.2 Å². The summed E-state index contributed by atoms with van der Waals surface area (Å²) in [6, 6.07) is 11.6. The second-order valence-electron chi connectivity index (χ2n) is 8.44. The van der Waals surface area contributed by atoms with Crippen LogP contribution in [0.25, 0.3) is 17.0 Å². The molecule has 0 aliphatic carbocycles. The van der Waals surface area contributed by atoms with Gasteiger partial charge in [0.2, 0.25) is 5.95 Å². The maximum absolute atomic E-state index is 10.9. The van der Waals surface area contributed by atoms with Gasteiger partial charge in [-0.05, 0) is 43.7 Å². The number of ether oxygens (including phenoxy) is 3. The summed E-state index contributed by atoms with van der Waals surface area (Å²) in [6.07, 6.45) is 8.36. The molecule has 1 N–H and O–H groups in total. The number of methoxy groups -OCH3 is 2. The summed E-state index contributed by atoms with van der Waals surface area (Å²) in [4.78, 5) is 26.6. The average Bonchev–Trinajstić information content (AvgIpc) is 3.55. The van der Waals surface area contributed by atoms with Gasteiger partial charge in [-0.3, -0.25) is 9.30 Å². The minimum absolute atomic E-state index is 0.241. The third kappa shape index (κ3) is 4.80. The smallest absolute Gasteiger partial charge is 0.228 e. The van der Waals surface area contributed by atoms with E-state index in [2.05, 4.69) is 20.2 Å². The number of rotatable bonds is 10. The fraction of sp³-hybridized carbons (Fsp3) is 0.308. The Bertz CT molecular complexity index is 1360. The van der Waals surface area contributed by atoms with Gasteiger partial charge in [0, 0.05) is 18.3 Å². The van der Waals surface area contributed by atoms with E-state index in [1.807, 2.05) is 47.0 Å². The zero-order valence-electron chi connectivity index (χ0n) is 20.3. The van der Waals surface area contributed by atoms with Crippen molar-refractivity contribution in [1.82, 2.24) is 24.3 Å². The fourth-order valence-electron chi connectivity index (χ4n) is 4.47. The van der Waals surface area contributed by atoms with Crippen molar-refractivity contribution >= 4 is 23.6 Å². The molecule has 0 saturated carbocycles. The van der Waals surface area contributed by atoms with Crippen molar-refractivity contribution in [2.75, 3.05) is 39.2 Å². The third-order valence-corrected chi connectivity index (χ3v) is 6.30. The highest BCUT2D eigenvalue weighted by atomic mass is 16.5. The number of fused-ring (bicyclic) bond motifs is 1. The van der Waals surface area contributed by atoms with Gasteiger partial charge in [0.1, 0.15) is 35.7 Å². The molecule has 0 spiro atoms. The molecule has 3 aromatic heterocycles. The Kier molecular flexibility index (Phi) is 6.94. The van der Waals surface area contributed by atoms with Crippen LogP contribution in [0.3, 0.4) is 0 Å². The van der Waals surface area contributed by atoms with E-state index in [9.17, 15) is 4.79 Å². The summed E-state index contributed by atoms with van der Waals surface area (Å²) in [5.74, 6) is 2.22. The topological polar surface area (TPSA) is 103 Å². The number of imidazole rings is 1. The van der Waals surface area contributed by atoms with E-state index in [0.717, 1.165) is 37.0 Å². The van der Waals surface area contributed by atoms with Gasteiger partial charge in [0.25, 0.3) is 0 Å². The summed E-state index contributed by atoms with van der Waals surface area (Å²) in [6.45, 7) is 1.89. The van der Waals surface area contributed by atoms with Gasteiger partial charge < -0.3 is 24.3 Å². The lowest BCUT2D eigenvalue weighted by atomic mass is 10.2. The quantitative estimate of drug-likeness (QED) is 0.335. The van der Waals surface area contributed by atoms with Crippen LogP contribution in [0.15, 0.2) is 55.0 Å². The van der Waals surface area contributed by atoms with Crippen LogP contribution in [-0.2, 0) is 4.79 Å². The van der Waals surface area contributed by atoms with Crippen molar-refractivity contribution in [3.8, 4) is 28.6 Å². The molecule has 1 saturated heterocycles. The van der Waals surface area contributed by atoms with Crippen LogP contribution in [0, 0.1) is 0 Å². The lowest BCUT2D eigenvalue weighted by molar-refractivity contribution is -0.109. The number of carbonyl (C=O) groups excluding carboxylic acids is 1. The standard InChI is InChI=1S/C26H28N6O4/c1-34-22-14-19(36-17-18-6-5-10-31(18)12-13-33)8-9-20(22)29-26-28-16-23(35-2)25(30-26)21-15-27-24-7-3-4-11-32(21)24/h3-4,7-9,11,13-16,18H,5-6,10,12,17H2,1-2H3,(H,28,29,30)/t18-/m1/s1. The fourth-order valence-corrected chi connectivity index (χ4v) is 4.47. The number of benzene rings is 1. The Morgan fingerprint density at radius 2 is 2.00 bits per heavy atom. The first-order valence-electron chi connectivity index (χ1n) is 11.8. The largest absolute Gasteiger partial charge is 0.494 e. The number of aldehydes is 1. The second-order valence-corrected chi connectivity index (χ2v) is 8.44. The van der Waals surface area contributed by atoms with E-state index in [1.54, 1.807) is 26.6 Å². The molecule has 0 radical (unpaired) electrons. The number of hydrogen-bond acceptors (Lipinski definition) is 9. The summed E-state index contributed by atoms with van der Waals surface area (Å²) in [5, 5.41) is 3.24. The van der Waals surface area contributed by atoms with Crippen LogP contribution in [-0.4, -0.2) is 70.5 Å². The zero-order valence-corrected chi connectivity index (χ0v) is 20.3. The summed E-state index contributed by atoms with van der Waals surface area (Å²) in [7, 11) is 3.19. The monoisotopic (exact) mass is 488 g/mol. The normalized spacial score (nSPS) is 15.7. The molecule has 186 valence electrons. The van der Waals surface area contributed by atoms with E-state index < -0.39 is 0 Å². The zero-order chi connectivity index (χ0) is 24.9. The number of nitrogens with one attached hydrogen (secondary N) is 1. The molecule has 1 aromatic carbocycles. The molecule has 4 aromatic rings. The number of hydrogen-bond donors (Lipinski definition) is 1. The highest BCUT2D eigenvalue weighted by molar-refractivity contribution is 5.69. The van der Waals surface area contributed by atoms with Crippen molar-refractivity contribution in [3.63, 3.8) is 0 Å². The van der Waals surface area contributed by atoms with E-state index in [1.165, 1.54) is 0 Å². The molecule has 36 heavy (non-hydrogen) atoms. The van der Waals surface area contributed by atoms with Crippen molar-refractivity contribution in [3.05, 3.63) is 55.0 Å². The van der Waals surface area contributed by atoms with Crippen LogP contribution in [0.1, 0.15) is 12.8 Å². The van der Waals surface area contributed by atoms with Crippen LogP contribution < -0.4 is 19.5 Å².